The predicted molar refractivity (Wildman–Crippen MR) is 73.6 cm³/mol. The molecule has 0 heterocycles. The number of hydrogen-bond acceptors (Lipinski definition) is 4. The summed E-state index contributed by atoms with van der Waals surface area (Å²) in [7, 11) is 0. The van der Waals surface area contributed by atoms with E-state index in [4.69, 9.17) is 5.26 Å². The van der Waals surface area contributed by atoms with Crippen LogP contribution in [0.25, 0.3) is 0 Å². The summed E-state index contributed by atoms with van der Waals surface area (Å²) in [5.41, 5.74) is 0.841. The monoisotopic (exact) mass is 271 g/mol. The molecule has 0 aromatic heterocycles. The number of benzene rings is 1. The predicted octanol–water partition coefficient (Wildman–Crippen LogP) is 3.25. The zero-order valence-electron chi connectivity index (χ0n) is 10.4. The summed E-state index contributed by atoms with van der Waals surface area (Å²) in [4.78, 5) is 24.4. The topological polar surface area (TPSA) is 57.9 Å². The Kier molecular flexibility index (Phi) is 4.53. The number of Topliss-reactive ketones (excluding diaryl/α,β-unsaturated/α-hetero) is 2. The molecular weight excluding hydrogens is 258 g/mol. The molecule has 1 aromatic rings. The molecule has 3 nitrogen and oxygen atoms in total. The second-order valence-electron chi connectivity index (χ2n) is 4.31. The molecule has 1 fully saturated rings. The molecule has 1 aliphatic rings. The van der Waals surface area contributed by atoms with Crippen molar-refractivity contribution in [2.75, 3.05) is 0 Å². The summed E-state index contributed by atoms with van der Waals surface area (Å²) in [6, 6.07) is 9.25. The van der Waals surface area contributed by atoms with Crippen molar-refractivity contribution in [3.05, 3.63) is 40.8 Å². The first kappa shape index (κ1) is 13.6. The van der Waals surface area contributed by atoms with E-state index in [0.29, 0.717) is 18.4 Å². The van der Waals surface area contributed by atoms with E-state index in [-0.39, 0.29) is 17.1 Å². The van der Waals surface area contributed by atoms with Crippen LogP contribution in [-0.2, 0) is 9.59 Å². The highest BCUT2D eigenvalue weighted by Gasteiger charge is 2.21. The van der Waals surface area contributed by atoms with E-state index < -0.39 is 0 Å². The lowest BCUT2D eigenvalue weighted by atomic mass is 10.1. The highest BCUT2D eigenvalue weighted by molar-refractivity contribution is 8.02. The van der Waals surface area contributed by atoms with Crippen LogP contribution in [0.3, 0.4) is 0 Å². The maximum atomic E-state index is 11.8. The lowest BCUT2D eigenvalue weighted by molar-refractivity contribution is -0.120. The summed E-state index contributed by atoms with van der Waals surface area (Å²) >= 11 is 1.27. The van der Waals surface area contributed by atoms with Crippen LogP contribution in [0, 0.1) is 11.3 Å². The summed E-state index contributed by atoms with van der Waals surface area (Å²) in [5.74, 6) is -0.158. The van der Waals surface area contributed by atoms with Crippen LogP contribution in [-0.4, -0.2) is 11.6 Å². The Bertz CT molecular complexity index is 564. The van der Waals surface area contributed by atoms with Crippen LogP contribution in [0.5, 0.6) is 0 Å². The van der Waals surface area contributed by atoms with Crippen LogP contribution in [0.1, 0.15) is 31.2 Å². The Balaban J connectivity index is 2.23. The van der Waals surface area contributed by atoms with Crippen molar-refractivity contribution in [2.24, 2.45) is 0 Å². The minimum absolute atomic E-state index is 0.0792. The van der Waals surface area contributed by atoms with E-state index >= 15 is 0 Å². The van der Waals surface area contributed by atoms with E-state index in [0.717, 1.165) is 17.7 Å². The Morgan fingerprint density at radius 1 is 1.11 bits per heavy atom. The Labute approximate surface area is 116 Å². The fraction of sp³-hybridized carbons (Fsp3) is 0.267. The average molecular weight is 271 g/mol. The van der Waals surface area contributed by atoms with Gasteiger partial charge < -0.3 is 0 Å². The summed E-state index contributed by atoms with van der Waals surface area (Å²) < 4.78 is 0. The van der Waals surface area contributed by atoms with Gasteiger partial charge in [0.25, 0.3) is 0 Å². The van der Waals surface area contributed by atoms with Crippen LogP contribution in [0.15, 0.2) is 40.1 Å². The van der Waals surface area contributed by atoms with Gasteiger partial charge >= 0.3 is 0 Å². The number of nitriles is 1. The quantitative estimate of drug-likeness (QED) is 0.358. The average Bonchev–Trinajstić information content (AvgIpc) is 2.59. The van der Waals surface area contributed by atoms with Crippen LogP contribution in [0.4, 0.5) is 0 Å². The molecule has 0 atom stereocenters. The maximum Gasteiger partial charge on any atom is 0.166 e. The molecule has 0 saturated heterocycles. The van der Waals surface area contributed by atoms with Gasteiger partial charge in [-0.3, -0.25) is 9.59 Å². The van der Waals surface area contributed by atoms with Gasteiger partial charge in [-0.25, -0.2) is 0 Å². The van der Waals surface area contributed by atoms with E-state index in [9.17, 15) is 9.59 Å². The Morgan fingerprint density at radius 3 is 2.37 bits per heavy atom. The molecule has 0 aliphatic heterocycles. The van der Waals surface area contributed by atoms with Crippen molar-refractivity contribution in [3.63, 3.8) is 0 Å². The Hall–Kier alpha value is -1.86. The van der Waals surface area contributed by atoms with Gasteiger partial charge in [0.1, 0.15) is 6.07 Å². The lowest BCUT2D eigenvalue weighted by Crippen LogP contribution is -2.08. The lowest BCUT2D eigenvalue weighted by Gasteiger charge is -2.02. The van der Waals surface area contributed by atoms with Crippen molar-refractivity contribution >= 4 is 23.3 Å². The molecule has 96 valence electrons. The van der Waals surface area contributed by atoms with Gasteiger partial charge in [-0.15, -0.1) is 0 Å². The number of allylic oxidation sites excluding steroid dienone is 1. The van der Waals surface area contributed by atoms with E-state index in [2.05, 4.69) is 6.07 Å². The number of ketones is 2. The minimum atomic E-state index is -0.0792. The highest BCUT2D eigenvalue weighted by Crippen LogP contribution is 2.26. The summed E-state index contributed by atoms with van der Waals surface area (Å²) in [6.45, 7) is 0. The number of rotatable bonds is 2. The minimum Gasteiger partial charge on any atom is -0.294 e. The highest BCUT2D eigenvalue weighted by atomic mass is 32.2. The summed E-state index contributed by atoms with van der Waals surface area (Å²) in [6.07, 6.45) is 2.44. The maximum absolute atomic E-state index is 11.8. The van der Waals surface area contributed by atoms with Crippen molar-refractivity contribution in [1.82, 2.24) is 0 Å². The smallest absolute Gasteiger partial charge is 0.166 e. The third-order valence-electron chi connectivity index (χ3n) is 2.97. The SMILES string of the molecule is N#Cc1ccccc1SC=C1C(=O)CCCCC1=O. The number of carbonyl (C=O) groups excluding carboxylic acids is 2. The van der Waals surface area contributed by atoms with Gasteiger partial charge in [-0.1, -0.05) is 23.9 Å². The molecule has 1 aromatic carbocycles. The second kappa shape index (κ2) is 6.35. The second-order valence-corrected chi connectivity index (χ2v) is 5.22. The van der Waals surface area contributed by atoms with Gasteiger partial charge in [-0.05, 0) is 30.4 Å². The van der Waals surface area contributed by atoms with E-state index in [1.54, 1.807) is 17.5 Å². The summed E-state index contributed by atoms with van der Waals surface area (Å²) in [5, 5.41) is 10.6. The van der Waals surface area contributed by atoms with Crippen molar-refractivity contribution in [3.8, 4) is 6.07 Å². The molecular formula is C15H13NO2S. The van der Waals surface area contributed by atoms with Gasteiger partial charge in [0.15, 0.2) is 11.6 Å². The number of nitrogens with zero attached hydrogens (tertiary/aromatic N) is 1. The van der Waals surface area contributed by atoms with Crippen molar-refractivity contribution in [2.45, 2.75) is 30.6 Å². The van der Waals surface area contributed by atoms with Crippen LogP contribution in [0.2, 0.25) is 0 Å². The molecule has 1 aliphatic carbocycles. The normalized spacial score (nSPS) is 15.8. The molecule has 0 radical (unpaired) electrons. The largest absolute Gasteiger partial charge is 0.294 e. The standard InChI is InChI=1S/C15H13NO2S/c16-9-11-5-1-4-8-15(11)19-10-12-13(17)6-2-3-7-14(12)18/h1,4-5,8,10H,2-3,6-7H2. The van der Waals surface area contributed by atoms with Gasteiger partial charge in [0.05, 0.1) is 11.1 Å². The molecule has 2 rings (SSSR count). The first-order chi connectivity index (χ1) is 9.22. The fourth-order valence-corrected chi connectivity index (χ4v) is 2.82. The molecule has 1 saturated carbocycles. The molecule has 0 N–H and O–H groups in total. The van der Waals surface area contributed by atoms with Gasteiger partial charge in [-0.2, -0.15) is 5.26 Å². The number of hydrogen-bond donors (Lipinski definition) is 0. The molecule has 0 bridgehead atoms. The van der Waals surface area contributed by atoms with Gasteiger partial charge in [0, 0.05) is 17.7 Å². The number of carbonyl (C=O) groups is 2. The molecule has 19 heavy (non-hydrogen) atoms. The zero-order chi connectivity index (χ0) is 13.7. The van der Waals surface area contributed by atoms with Crippen molar-refractivity contribution in [1.29, 1.82) is 5.26 Å². The first-order valence-corrected chi connectivity index (χ1v) is 7.02. The molecule has 4 heteroatoms. The zero-order valence-corrected chi connectivity index (χ0v) is 11.2. The molecule has 0 unspecified atom stereocenters. The van der Waals surface area contributed by atoms with E-state index in [1.807, 2.05) is 12.1 Å². The first-order valence-electron chi connectivity index (χ1n) is 6.14. The third kappa shape index (κ3) is 3.33. The van der Waals surface area contributed by atoms with Crippen molar-refractivity contribution < 1.29 is 9.59 Å². The number of thioether (sulfide) groups is 1. The Morgan fingerprint density at radius 2 is 1.74 bits per heavy atom. The molecule has 0 amide bonds. The van der Waals surface area contributed by atoms with E-state index in [1.165, 1.54) is 11.8 Å². The molecule has 0 spiro atoms. The van der Waals surface area contributed by atoms with Crippen LogP contribution < -0.4 is 0 Å². The fourth-order valence-electron chi connectivity index (χ4n) is 1.91. The van der Waals surface area contributed by atoms with Crippen LogP contribution >= 0.6 is 11.8 Å². The van der Waals surface area contributed by atoms with Gasteiger partial charge in [0.2, 0.25) is 0 Å². The third-order valence-corrected chi connectivity index (χ3v) is 3.93.